The van der Waals surface area contributed by atoms with Gasteiger partial charge < -0.3 is 4.84 Å². The molecule has 0 bridgehead atoms. The molecule has 0 aliphatic carbocycles. The zero-order chi connectivity index (χ0) is 24.8. The zero-order valence-corrected chi connectivity index (χ0v) is 16.3. The molecule has 0 saturated carbocycles. The van der Waals surface area contributed by atoms with Gasteiger partial charge in [-0.25, -0.2) is 14.5 Å². The lowest BCUT2D eigenvalue weighted by atomic mass is 10.1. The van der Waals surface area contributed by atoms with Crippen molar-refractivity contribution < 1.29 is 40.9 Å². The van der Waals surface area contributed by atoms with Crippen molar-refractivity contribution in [3.05, 3.63) is 70.8 Å². The molecule has 0 fully saturated rings. The van der Waals surface area contributed by atoms with Gasteiger partial charge >= 0.3 is 18.3 Å². The second-order valence-electron chi connectivity index (χ2n) is 6.74. The number of aromatic nitrogens is 4. The first-order chi connectivity index (χ1) is 15.9. The quantitative estimate of drug-likeness (QED) is 0.242. The van der Waals surface area contributed by atoms with E-state index in [0.717, 1.165) is 23.0 Å². The summed E-state index contributed by atoms with van der Waals surface area (Å²) < 4.78 is 79.4. The highest BCUT2D eigenvalue weighted by atomic mass is 19.4. The summed E-state index contributed by atoms with van der Waals surface area (Å²) >= 11 is 0. The Morgan fingerprint density at radius 2 is 1.82 bits per heavy atom. The molecule has 0 atom stereocenters. The van der Waals surface area contributed by atoms with E-state index in [1.807, 2.05) is 0 Å². The lowest BCUT2D eigenvalue weighted by molar-refractivity contribution is -0.385. The Morgan fingerprint density at radius 1 is 1.09 bits per heavy atom. The molecule has 4 rings (SSSR count). The van der Waals surface area contributed by atoms with Crippen LogP contribution in [0.4, 0.5) is 32.0 Å². The number of benzene rings is 1. The SMILES string of the molecule is O=C(On1ccc2c(-c3cnn(-c4ccc([N+](=O)[O-])cc4C(F)(F)F)c3)ccnc21)C(F)(F)F. The second kappa shape index (κ2) is 7.86. The standard InChI is InChI=1S/C19H9F6N5O4/c20-18(21,22)14-7-11(30(32)33)1-2-15(14)28-9-10(8-27-28)12-3-5-26-16-13(12)4-6-29(16)34-17(31)19(23,24)25/h1-9H. The van der Waals surface area contributed by atoms with Crippen LogP contribution in [0, 0.1) is 10.1 Å². The van der Waals surface area contributed by atoms with E-state index in [4.69, 9.17) is 0 Å². The van der Waals surface area contributed by atoms with Gasteiger partial charge in [-0.3, -0.25) is 10.1 Å². The molecule has 3 aromatic heterocycles. The third kappa shape index (κ3) is 4.14. The number of alkyl halides is 6. The number of rotatable bonds is 4. The molecule has 0 unspecified atom stereocenters. The van der Waals surface area contributed by atoms with Crippen molar-refractivity contribution >= 4 is 22.7 Å². The molecule has 0 aliphatic rings. The number of hydrogen-bond donors (Lipinski definition) is 0. The van der Waals surface area contributed by atoms with Crippen LogP contribution < -0.4 is 4.84 Å². The first-order valence-corrected chi connectivity index (χ1v) is 9.03. The number of nitro groups is 1. The Labute approximate surface area is 183 Å². The van der Waals surface area contributed by atoms with Crippen molar-refractivity contribution in [3.8, 4) is 16.8 Å². The van der Waals surface area contributed by atoms with Crippen LogP contribution in [-0.2, 0) is 11.0 Å². The highest BCUT2D eigenvalue weighted by Crippen LogP contribution is 2.37. The van der Waals surface area contributed by atoms with E-state index in [9.17, 15) is 41.3 Å². The molecule has 15 heteroatoms. The van der Waals surface area contributed by atoms with Crippen molar-refractivity contribution in [2.75, 3.05) is 0 Å². The topological polar surface area (TPSA) is 105 Å². The van der Waals surface area contributed by atoms with Gasteiger partial charge in [0.2, 0.25) is 0 Å². The van der Waals surface area contributed by atoms with Gasteiger partial charge in [-0.15, -0.1) is 0 Å². The fourth-order valence-electron chi connectivity index (χ4n) is 3.14. The molecular formula is C19H9F6N5O4. The molecule has 0 radical (unpaired) electrons. The maximum Gasteiger partial charge on any atom is 0.493 e. The van der Waals surface area contributed by atoms with Crippen molar-refractivity contribution in [2.45, 2.75) is 12.4 Å². The largest absolute Gasteiger partial charge is 0.493 e. The molecule has 3 heterocycles. The van der Waals surface area contributed by atoms with Crippen LogP contribution in [-0.4, -0.2) is 36.6 Å². The first kappa shape index (κ1) is 22.8. The molecule has 0 aliphatic heterocycles. The van der Waals surface area contributed by atoms with Crippen LogP contribution in [0.2, 0.25) is 0 Å². The Bertz CT molecular complexity index is 1420. The third-order valence-corrected chi connectivity index (χ3v) is 4.60. The number of non-ortho nitro benzene ring substituents is 1. The van der Waals surface area contributed by atoms with Crippen LogP contribution in [0.5, 0.6) is 0 Å². The minimum absolute atomic E-state index is 0.158. The lowest BCUT2D eigenvalue weighted by Gasteiger charge is -2.12. The maximum absolute atomic E-state index is 13.5. The summed E-state index contributed by atoms with van der Waals surface area (Å²) in [7, 11) is 0. The number of pyridine rings is 1. The number of hydrogen-bond acceptors (Lipinski definition) is 6. The van der Waals surface area contributed by atoms with Gasteiger partial charge in [-0.1, -0.05) is 0 Å². The summed E-state index contributed by atoms with van der Waals surface area (Å²) in [6.07, 6.45) is -5.56. The predicted molar refractivity (Wildman–Crippen MR) is 102 cm³/mol. The van der Waals surface area contributed by atoms with E-state index in [2.05, 4.69) is 14.9 Å². The van der Waals surface area contributed by atoms with Crippen LogP contribution in [0.1, 0.15) is 5.56 Å². The summed E-state index contributed by atoms with van der Waals surface area (Å²) in [5.41, 5.74) is -2.12. The molecule has 176 valence electrons. The number of carbonyl (C=O) groups excluding carboxylic acids is 1. The van der Waals surface area contributed by atoms with E-state index in [-0.39, 0.29) is 16.6 Å². The van der Waals surface area contributed by atoms with E-state index in [1.165, 1.54) is 30.7 Å². The zero-order valence-electron chi connectivity index (χ0n) is 16.3. The Hall–Kier alpha value is -4.43. The third-order valence-electron chi connectivity index (χ3n) is 4.60. The van der Waals surface area contributed by atoms with Crippen LogP contribution in [0.15, 0.2) is 55.1 Å². The summed E-state index contributed by atoms with van der Waals surface area (Å²) in [6.45, 7) is 0. The number of nitro benzene ring substituents is 1. The summed E-state index contributed by atoms with van der Waals surface area (Å²) in [6, 6.07) is 4.90. The van der Waals surface area contributed by atoms with E-state index in [0.29, 0.717) is 16.4 Å². The highest BCUT2D eigenvalue weighted by molar-refractivity contribution is 5.93. The van der Waals surface area contributed by atoms with Gasteiger partial charge in [0.15, 0.2) is 5.65 Å². The minimum atomic E-state index is -5.24. The monoisotopic (exact) mass is 485 g/mol. The van der Waals surface area contributed by atoms with Crippen molar-refractivity contribution in [3.63, 3.8) is 0 Å². The number of nitrogens with zero attached hydrogens (tertiary/aromatic N) is 5. The molecule has 4 aromatic rings. The van der Waals surface area contributed by atoms with Crippen molar-refractivity contribution in [1.82, 2.24) is 19.5 Å². The van der Waals surface area contributed by atoms with Gasteiger partial charge in [0.25, 0.3) is 5.69 Å². The van der Waals surface area contributed by atoms with E-state index in [1.54, 1.807) is 0 Å². The smallest absolute Gasteiger partial charge is 0.326 e. The molecular weight excluding hydrogens is 476 g/mol. The number of fused-ring (bicyclic) bond motifs is 1. The van der Waals surface area contributed by atoms with Gasteiger partial charge in [-0.2, -0.15) is 36.2 Å². The van der Waals surface area contributed by atoms with Gasteiger partial charge in [0.1, 0.15) is 0 Å². The summed E-state index contributed by atoms with van der Waals surface area (Å²) in [5.74, 6) is -2.47. The average Bonchev–Trinajstić information content (AvgIpc) is 3.39. The molecule has 0 spiro atoms. The molecule has 0 N–H and O–H groups in total. The first-order valence-electron chi connectivity index (χ1n) is 9.03. The molecule has 9 nitrogen and oxygen atoms in total. The van der Waals surface area contributed by atoms with Crippen molar-refractivity contribution in [1.29, 1.82) is 0 Å². The molecule has 1 aromatic carbocycles. The van der Waals surface area contributed by atoms with Crippen LogP contribution in [0.25, 0.3) is 27.8 Å². The summed E-state index contributed by atoms with van der Waals surface area (Å²) in [5, 5.41) is 15.0. The number of halogens is 6. The Kier molecular flexibility index (Phi) is 5.26. The predicted octanol–water partition coefficient (Wildman–Crippen LogP) is 4.33. The summed E-state index contributed by atoms with van der Waals surface area (Å²) in [4.78, 5) is 29.2. The Balaban J connectivity index is 1.76. The van der Waals surface area contributed by atoms with Gasteiger partial charge in [-0.05, 0) is 23.8 Å². The highest BCUT2D eigenvalue weighted by Gasteiger charge is 2.42. The maximum atomic E-state index is 13.5. The fourth-order valence-corrected chi connectivity index (χ4v) is 3.14. The normalized spacial score (nSPS) is 12.2. The van der Waals surface area contributed by atoms with Gasteiger partial charge in [0.05, 0.1) is 22.4 Å². The Morgan fingerprint density at radius 3 is 2.47 bits per heavy atom. The molecule has 0 saturated heterocycles. The lowest BCUT2D eigenvalue weighted by Crippen LogP contribution is -2.33. The second-order valence-corrected chi connectivity index (χ2v) is 6.74. The van der Waals surface area contributed by atoms with E-state index >= 15 is 0 Å². The average molecular weight is 485 g/mol. The molecule has 0 amide bonds. The van der Waals surface area contributed by atoms with Crippen molar-refractivity contribution in [2.24, 2.45) is 0 Å². The van der Waals surface area contributed by atoms with E-state index < -0.39 is 40.2 Å². The van der Waals surface area contributed by atoms with Gasteiger partial charge in [0, 0.05) is 41.7 Å². The number of carbonyl (C=O) groups is 1. The van der Waals surface area contributed by atoms with Crippen LogP contribution >= 0.6 is 0 Å². The van der Waals surface area contributed by atoms with Crippen LogP contribution in [0.3, 0.4) is 0 Å². The molecule has 34 heavy (non-hydrogen) atoms. The fraction of sp³-hybridized carbons (Fsp3) is 0.105. The minimum Gasteiger partial charge on any atom is -0.326 e.